The maximum Gasteiger partial charge on any atom is 0.244 e. The van der Waals surface area contributed by atoms with E-state index in [1.54, 1.807) is 30.3 Å². The van der Waals surface area contributed by atoms with E-state index in [1.807, 2.05) is 63.2 Å². The Labute approximate surface area is 253 Å². The van der Waals surface area contributed by atoms with E-state index in [4.69, 9.17) is 23.2 Å². The molecule has 0 aromatic heterocycles. The van der Waals surface area contributed by atoms with E-state index in [9.17, 15) is 18.0 Å². The van der Waals surface area contributed by atoms with Gasteiger partial charge in [-0.05, 0) is 54.7 Å². The molecule has 0 heterocycles. The monoisotopic (exact) mass is 617 g/mol. The number of hydrogen-bond acceptors (Lipinski definition) is 4. The van der Waals surface area contributed by atoms with E-state index in [1.165, 1.54) is 4.90 Å². The Balaban J connectivity index is 2.10. The predicted molar refractivity (Wildman–Crippen MR) is 167 cm³/mol. The number of carbonyl (C=O) groups is 2. The van der Waals surface area contributed by atoms with Gasteiger partial charge in [0.15, 0.2) is 0 Å². The Kier molecular flexibility index (Phi) is 11.6. The topological polar surface area (TPSA) is 86.8 Å². The van der Waals surface area contributed by atoms with Crippen molar-refractivity contribution in [2.75, 3.05) is 17.1 Å². The van der Waals surface area contributed by atoms with Crippen LogP contribution < -0.4 is 9.62 Å². The highest BCUT2D eigenvalue weighted by atomic mass is 35.5. The molecule has 10 heteroatoms. The van der Waals surface area contributed by atoms with Crippen LogP contribution in [0, 0.1) is 0 Å². The molecular weight excluding hydrogens is 581 g/mol. The van der Waals surface area contributed by atoms with Crippen molar-refractivity contribution >= 4 is 50.7 Å². The van der Waals surface area contributed by atoms with Gasteiger partial charge in [0.05, 0.1) is 22.0 Å². The second kappa shape index (κ2) is 14.7. The fraction of sp³-hybridized carbons (Fsp3) is 0.355. The second-order valence-electron chi connectivity index (χ2n) is 10.0. The lowest BCUT2D eigenvalue weighted by atomic mass is 10.0. The van der Waals surface area contributed by atoms with Crippen LogP contribution in [0.25, 0.3) is 0 Å². The van der Waals surface area contributed by atoms with Gasteiger partial charge >= 0.3 is 0 Å². The highest BCUT2D eigenvalue weighted by Gasteiger charge is 2.33. The summed E-state index contributed by atoms with van der Waals surface area (Å²) in [7, 11) is -3.85. The normalized spacial score (nSPS) is 12.8. The molecule has 41 heavy (non-hydrogen) atoms. The van der Waals surface area contributed by atoms with Crippen molar-refractivity contribution in [3.8, 4) is 0 Å². The van der Waals surface area contributed by atoms with Gasteiger partial charge in [-0.1, -0.05) is 91.6 Å². The molecule has 0 radical (unpaired) electrons. The van der Waals surface area contributed by atoms with Crippen LogP contribution in [0.15, 0.2) is 72.8 Å². The molecule has 0 saturated heterocycles. The number of nitrogens with zero attached hydrogens (tertiary/aromatic N) is 2. The van der Waals surface area contributed by atoms with Crippen molar-refractivity contribution in [2.24, 2.45) is 0 Å². The third kappa shape index (κ3) is 8.96. The minimum absolute atomic E-state index is 0.0220. The first-order valence-corrected chi connectivity index (χ1v) is 16.2. The number of benzene rings is 3. The molecular formula is C31H37Cl2N3O4S. The number of nitrogens with one attached hydrogen (secondary N) is 1. The summed E-state index contributed by atoms with van der Waals surface area (Å²) in [6.07, 6.45) is 2.60. The standard InChI is InChI=1S/C31H37Cl2N3O4S/c1-5-22(3)34-31(38)29(19-23-12-8-7-9-13-23)35(20-24-16-17-26(32)27(33)18-24)30(37)21-36(41(4,39)40)28-15-11-10-14-25(28)6-2/h7-18,22,29H,5-6,19-21H2,1-4H3,(H,34,38)/t22-,29-/m0/s1. The Bertz CT molecular complexity index is 1450. The number of hydrogen-bond donors (Lipinski definition) is 1. The van der Waals surface area contributed by atoms with E-state index >= 15 is 0 Å². The van der Waals surface area contributed by atoms with Crippen LogP contribution in [-0.4, -0.2) is 50.0 Å². The number of para-hydroxylation sites is 1. The molecule has 220 valence electrons. The fourth-order valence-electron chi connectivity index (χ4n) is 4.48. The molecule has 0 bridgehead atoms. The third-order valence-corrected chi connectivity index (χ3v) is 8.79. The zero-order chi connectivity index (χ0) is 30.2. The van der Waals surface area contributed by atoms with Crippen LogP contribution in [0.1, 0.15) is 43.9 Å². The molecule has 7 nitrogen and oxygen atoms in total. The summed E-state index contributed by atoms with van der Waals surface area (Å²) < 4.78 is 27.2. The Morgan fingerprint density at radius 1 is 0.902 bits per heavy atom. The lowest BCUT2D eigenvalue weighted by molar-refractivity contribution is -0.140. The quantitative estimate of drug-likeness (QED) is 0.260. The smallest absolute Gasteiger partial charge is 0.244 e. The van der Waals surface area contributed by atoms with Crippen LogP contribution in [0.3, 0.4) is 0 Å². The average molecular weight is 619 g/mol. The summed E-state index contributed by atoms with van der Waals surface area (Å²) in [6.45, 7) is 5.33. The first kappa shape index (κ1) is 32.4. The number of halogens is 2. The maximum absolute atomic E-state index is 14.2. The first-order valence-electron chi connectivity index (χ1n) is 13.6. The van der Waals surface area contributed by atoms with Crippen molar-refractivity contribution in [1.82, 2.24) is 10.2 Å². The molecule has 2 amide bonds. The molecule has 1 N–H and O–H groups in total. The van der Waals surface area contributed by atoms with E-state index in [0.29, 0.717) is 34.1 Å². The lowest BCUT2D eigenvalue weighted by Gasteiger charge is -2.34. The Morgan fingerprint density at radius 3 is 2.17 bits per heavy atom. The molecule has 0 saturated carbocycles. The van der Waals surface area contributed by atoms with Gasteiger partial charge in [-0.2, -0.15) is 0 Å². The van der Waals surface area contributed by atoms with Gasteiger partial charge in [-0.25, -0.2) is 8.42 Å². The SMILES string of the molecule is CCc1ccccc1N(CC(=O)N(Cc1ccc(Cl)c(Cl)c1)[C@@H](Cc1ccccc1)C(=O)N[C@@H](C)CC)S(C)(=O)=O. The number of rotatable bonds is 13. The van der Waals surface area contributed by atoms with Crippen molar-refractivity contribution in [2.45, 2.75) is 58.7 Å². The zero-order valence-corrected chi connectivity index (χ0v) is 26.1. The Hall–Kier alpha value is -3.07. The van der Waals surface area contributed by atoms with Crippen LogP contribution >= 0.6 is 23.2 Å². The largest absolute Gasteiger partial charge is 0.352 e. The van der Waals surface area contributed by atoms with Gasteiger partial charge in [0.2, 0.25) is 21.8 Å². The zero-order valence-electron chi connectivity index (χ0n) is 23.8. The molecule has 3 rings (SSSR count). The van der Waals surface area contributed by atoms with Crippen LogP contribution in [0.5, 0.6) is 0 Å². The highest BCUT2D eigenvalue weighted by molar-refractivity contribution is 7.92. The van der Waals surface area contributed by atoms with Gasteiger partial charge in [0.1, 0.15) is 12.6 Å². The molecule has 0 aliphatic heterocycles. The summed E-state index contributed by atoms with van der Waals surface area (Å²) in [5, 5.41) is 3.69. The number of anilines is 1. The van der Waals surface area contributed by atoms with Crippen LogP contribution in [-0.2, 0) is 39.0 Å². The summed E-state index contributed by atoms with van der Waals surface area (Å²) in [6, 6.07) is 20.5. The summed E-state index contributed by atoms with van der Waals surface area (Å²) >= 11 is 12.4. The van der Waals surface area contributed by atoms with Crippen molar-refractivity contribution < 1.29 is 18.0 Å². The molecule has 0 fully saturated rings. The van der Waals surface area contributed by atoms with Gasteiger partial charge in [0, 0.05) is 19.0 Å². The van der Waals surface area contributed by atoms with Crippen LogP contribution in [0.4, 0.5) is 5.69 Å². The average Bonchev–Trinajstić information content (AvgIpc) is 2.95. The first-order chi connectivity index (χ1) is 19.4. The number of aryl methyl sites for hydroxylation is 1. The molecule has 3 aromatic rings. The minimum atomic E-state index is -3.85. The fourth-order valence-corrected chi connectivity index (χ4v) is 5.68. The highest BCUT2D eigenvalue weighted by Crippen LogP contribution is 2.26. The van der Waals surface area contributed by atoms with E-state index in [2.05, 4.69) is 5.32 Å². The van der Waals surface area contributed by atoms with E-state index in [0.717, 1.165) is 21.7 Å². The number of sulfonamides is 1. The van der Waals surface area contributed by atoms with Gasteiger partial charge < -0.3 is 10.2 Å². The van der Waals surface area contributed by atoms with E-state index < -0.39 is 28.5 Å². The molecule has 0 spiro atoms. The van der Waals surface area contributed by atoms with Gasteiger partial charge in [-0.15, -0.1) is 0 Å². The van der Waals surface area contributed by atoms with E-state index in [-0.39, 0.29) is 24.9 Å². The second-order valence-corrected chi connectivity index (χ2v) is 12.8. The lowest BCUT2D eigenvalue weighted by Crippen LogP contribution is -2.54. The molecule has 2 atom stereocenters. The number of carbonyl (C=O) groups excluding carboxylic acids is 2. The third-order valence-electron chi connectivity index (χ3n) is 6.93. The Morgan fingerprint density at radius 2 is 1.56 bits per heavy atom. The van der Waals surface area contributed by atoms with Crippen molar-refractivity contribution in [1.29, 1.82) is 0 Å². The molecule has 0 aliphatic rings. The maximum atomic E-state index is 14.2. The minimum Gasteiger partial charge on any atom is -0.352 e. The summed E-state index contributed by atoms with van der Waals surface area (Å²) in [5.74, 6) is -0.843. The molecule has 0 unspecified atom stereocenters. The number of amides is 2. The summed E-state index contributed by atoms with van der Waals surface area (Å²) in [4.78, 5) is 29.4. The van der Waals surface area contributed by atoms with Gasteiger partial charge in [-0.3, -0.25) is 13.9 Å². The summed E-state index contributed by atoms with van der Waals surface area (Å²) in [5.41, 5.74) is 2.74. The molecule has 0 aliphatic carbocycles. The molecule has 3 aromatic carbocycles. The van der Waals surface area contributed by atoms with Crippen LogP contribution in [0.2, 0.25) is 10.0 Å². The van der Waals surface area contributed by atoms with Crippen molar-refractivity contribution in [3.05, 3.63) is 99.5 Å². The predicted octanol–water partition coefficient (Wildman–Crippen LogP) is 5.88. The van der Waals surface area contributed by atoms with Crippen molar-refractivity contribution in [3.63, 3.8) is 0 Å². The van der Waals surface area contributed by atoms with Gasteiger partial charge in [0.25, 0.3) is 0 Å².